The molecule has 1 aromatic carbocycles. The Balaban J connectivity index is 2.80. The van der Waals surface area contributed by atoms with E-state index in [1.165, 1.54) is 0 Å². The average molecular weight is 292 g/mol. The van der Waals surface area contributed by atoms with Crippen molar-refractivity contribution < 1.29 is 4.79 Å². The molecule has 0 fully saturated rings. The number of rotatable bonds is 4. The molecule has 0 saturated heterocycles. The Morgan fingerprint density at radius 2 is 2.33 bits per heavy atom. The number of carbonyl (C=O) groups is 1. The first-order valence-electron chi connectivity index (χ1n) is 4.55. The molecule has 5 heteroatoms. The zero-order chi connectivity index (χ0) is 11.4. The fraction of sp³-hybridized carbons (Fsp3) is 0.300. The summed E-state index contributed by atoms with van der Waals surface area (Å²) in [5.74, 6) is -0.364. The minimum absolute atomic E-state index is 0.359. The molecule has 0 aliphatic heterocycles. The molecule has 1 amide bonds. The monoisotopic (exact) mass is 290 g/mol. The molecule has 0 bridgehead atoms. The van der Waals surface area contributed by atoms with Gasteiger partial charge in [-0.2, -0.15) is 0 Å². The van der Waals surface area contributed by atoms with Crippen LogP contribution in [0.4, 0.5) is 5.69 Å². The molecule has 15 heavy (non-hydrogen) atoms. The lowest BCUT2D eigenvalue weighted by atomic mass is 10.2. The van der Waals surface area contributed by atoms with Crippen LogP contribution < -0.4 is 11.1 Å². The van der Waals surface area contributed by atoms with Crippen LogP contribution in [0.1, 0.15) is 13.3 Å². The highest BCUT2D eigenvalue weighted by atomic mass is 79.9. The van der Waals surface area contributed by atoms with Crippen LogP contribution in [0.3, 0.4) is 0 Å². The zero-order valence-corrected chi connectivity index (χ0v) is 10.6. The van der Waals surface area contributed by atoms with Crippen molar-refractivity contribution in [2.24, 2.45) is 5.73 Å². The molecule has 0 heterocycles. The molecule has 1 aromatic rings. The van der Waals surface area contributed by atoms with Gasteiger partial charge in [0, 0.05) is 10.2 Å². The Bertz CT molecular complexity index is 370. The van der Waals surface area contributed by atoms with Gasteiger partial charge in [0.2, 0.25) is 5.91 Å². The van der Waals surface area contributed by atoms with Crippen LogP contribution >= 0.6 is 27.5 Å². The number of hydrogen-bond donors (Lipinski definition) is 2. The minimum Gasteiger partial charge on any atom is -0.374 e. The second-order valence-electron chi connectivity index (χ2n) is 3.14. The van der Waals surface area contributed by atoms with Crippen LogP contribution in [-0.4, -0.2) is 11.9 Å². The van der Waals surface area contributed by atoms with Gasteiger partial charge < -0.3 is 11.1 Å². The van der Waals surface area contributed by atoms with Gasteiger partial charge in [0.05, 0.1) is 5.02 Å². The minimum atomic E-state index is -0.364. The number of carbonyl (C=O) groups excluding carboxylic acids is 1. The average Bonchev–Trinajstić information content (AvgIpc) is 2.19. The third kappa shape index (κ3) is 3.39. The van der Waals surface area contributed by atoms with Gasteiger partial charge in [-0.1, -0.05) is 18.5 Å². The van der Waals surface area contributed by atoms with E-state index in [4.69, 9.17) is 17.3 Å². The summed E-state index contributed by atoms with van der Waals surface area (Å²) in [6, 6.07) is 5.04. The lowest BCUT2D eigenvalue weighted by Gasteiger charge is -2.14. The number of primary amides is 1. The van der Waals surface area contributed by atoms with E-state index < -0.39 is 0 Å². The maximum Gasteiger partial charge on any atom is 0.239 e. The summed E-state index contributed by atoms with van der Waals surface area (Å²) in [6.07, 6.45) is 0.642. The maximum atomic E-state index is 11.0. The van der Waals surface area contributed by atoms with Crippen LogP contribution in [-0.2, 0) is 4.79 Å². The fourth-order valence-electron chi connectivity index (χ4n) is 1.16. The van der Waals surface area contributed by atoms with Crippen LogP contribution in [0.15, 0.2) is 22.7 Å². The van der Waals surface area contributed by atoms with Crippen LogP contribution in [0.25, 0.3) is 0 Å². The van der Waals surface area contributed by atoms with Crippen molar-refractivity contribution >= 4 is 39.1 Å². The van der Waals surface area contributed by atoms with Crippen molar-refractivity contribution in [2.45, 2.75) is 19.4 Å². The zero-order valence-electron chi connectivity index (χ0n) is 8.26. The lowest BCUT2D eigenvalue weighted by molar-refractivity contribution is -0.118. The molecule has 0 saturated carbocycles. The highest BCUT2D eigenvalue weighted by Gasteiger charge is 2.12. The first kappa shape index (κ1) is 12.3. The maximum absolute atomic E-state index is 11.0. The second kappa shape index (κ2) is 5.37. The van der Waals surface area contributed by atoms with Crippen molar-refractivity contribution in [1.82, 2.24) is 0 Å². The van der Waals surface area contributed by atoms with E-state index >= 15 is 0 Å². The normalized spacial score (nSPS) is 12.2. The Hall–Kier alpha value is -0.740. The topological polar surface area (TPSA) is 55.1 Å². The summed E-state index contributed by atoms with van der Waals surface area (Å²) < 4.78 is 0.821. The Morgan fingerprint density at radius 3 is 2.80 bits per heavy atom. The van der Waals surface area contributed by atoms with Crippen molar-refractivity contribution in [3.8, 4) is 0 Å². The first-order chi connectivity index (χ1) is 7.04. The number of benzene rings is 1. The number of halogens is 2. The van der Waals surface area contributed by atoms with Gasteiger partial charge in [0.1, 0.15) is 6.04 Å². The van der Waals surface area contributed by atoms with Crippen LogP contribution in [0.5, 0.6) is 0 Å². The van der Waals surface area contributed by atoms with Crippen molar-refractivity contribution in [3.05, 3.63) is 27.7 Å². The molecule has 1 atom stereocenters. The quantitative estimate of drug-likeness (QED) is 0.896. The number of hydrogen-bond acceptors (Lipinski definition) is 2. The predicted molar refractivity (Wildman–Crippen MR) is 66.0 cm³/mol. The summed E-state index contributed by atoms with van der Waals surface area (Å²) in [5.41, 5.74) is 6.01. The Kier molecular flexibility index (Phi) is 4.42. The molecular weight excluding hydrogens is 279 g/mol. The van der Waals surface area contributed by atoms with E-state index in [0.29, 0.717) is 11.4 Å². The SMILES string of the molecule is CCC(Nc1ccc(Br)c(Cl)c1)C(N)=O. The van der Waals surface area contributed by atoms with E-state index in [9.17, 15) is 4.79 Å². The highest BCUT2D eigenvalue weighted by Crippen LogP contribution is 2.25. The van der Waals surface area contributed by atoms with Gasteiger partial charge in [-0.15, -0.1) is 0 Å². The van der Waals surface area contributed by atoms with E-state index in [1.807, 2.05) is 19.1 Å². The summed E-state index contributed by atoms with van der Waals surface area (Å²) in [6.45, 7) is 1.89. The summed E-state index contributed by atoms with van der Waals surface area (Å²) >= 11 is 9.21. The van der Waals surface area contributed by atoms with Crippen molar-refractivity contribution in [2.75, 3.05) is 5.32 Å². The molecule has 0 aromatic heterocycles. The van der Waals surface area contributed by atoms with Crippen molar-refractivity contribution in [1.29, 1.82) is 0 Å². The molecule has 3 N–H and O–H groups in total. The van der Waals surface area contributed by atoms with Gasteiger partial charge in [-0.25, -0.2) is 0 Å². The van der Waals surface area contributed by atoms with Gasteiger partial charge >= 0.3 is 0 Å². The number of nitrogens with two attached hydrogens (primary N) is 1. The first-order valence-corrected chi connectivity index (χ1v) is 5.72. The summed E-state index contributed by atoms with van der Waals surface area (Å²) in [7, 11) is 0. The summed E-state index contributed by atoms with van der Waals surface area (Å²) in [4.78, 5) is 11.0. The standard InChI is InChI=1S/C10H12BrClN2O/c1-2-9(10(13)15)14-6-3-4-7(11)8(12)5-6/h3-5,9,14H,2H2,1H3,(H2,13,15). The molecule has 0 aliphatic carbocycles. The van der Waals surface area contributed by atoms with E-state index in [0.717, 1.165) is 10.2 Å². The number of nitrogens with one attached hydrogen (secondary N) is 1. The highest BCUT2D eigenvalue weighted by molar-refractivity contribution is 9.10. The largest absolute Gasteiger partial charge is 0.374 e. The molecular formula is C10H12BrClN2O. The number of anilines is 1. The molecule has 3 nitrogen and oxygen atoms in total. The van der Waals surface area contributed by atoms with E-state index in [1.54, 1.807) is 6.07 Å². The molecule has 0 radical (unpaired) electrons. The third-order valence-corrected chi connectivity index (χ3v) is 3.24. The van der Waals surface area contributed by atoms with Gasteiger partial charge in [0.25, 0.3) is 0 Å². The van der Waals surface area contributed by atoms with Gasteiger partial charge in [-0.3, -0.25) is 4.79 Å². The summed E-state index contributed by atoms with van der Waals surface area (Å²) in [5, 5.41) is 3.61. The smallest absolute Gasteiger partial charge is 0.239 e. The fourth-order valence-corrected chi connectivity index (χ4v) is 1.59. The molecule has 1 unspecified atom stereocenters. The second-order valence-corrected chi connectivity index (χ2v) is 4.40. The van der Waals surface area contributed by atoms with Gasteiger partial charge in [-0.05, 0) is 40.5 Å². The van der Waals surface area contributed by atoms with Crippen molar-refractivity contribution in [3.63, 3.8) is 0 Å². The predicted octanol–water partition coefficient (Wildman–Crippen LogP) is 2.78. The Labute approximate surface area is 102 Å². The van der Waals surface area contributed by atoms with Crippen LogP contribution in [0, 0.1) is 0 Å². The Morgan fingerprint density at radius 1 is 1.67 bits per heavy atom. The molecule has 1 rings (SSSR count). The third-order valence-electron chi connectivity index (χ3n) is 2.01. The van der Waals surface area contributed by atoms with Crippen LogP contribution in [0.2, 0.25) is 5.02 Å². The van der Waals surface area contributed by atoms with E-state index in [2.05, 4.69) is 21.2 Å². The molecule has 0 aliphatic rings. The van der Waals surface area contributed by atoms with E-state index in [-0.39, 0.29) is 11.9 Å². The number of amides is 1. The van der Waals surface area contributed by atoms with Gasteiger partial charge in [0.15, 0.2) is 0 Å². The molecule has 82 valence electrons. The molecule has 0 spiro atoms. The lowest BCUT2D eigenvalue weighted by Crippen LogP contribution is -2.34.